The van der Waals surface area contributed by atoms with Gasteiger partial charge in [-0.05, 0) is 48.0 Å². The summed E-state index contributed by atoms with van der Waals surface area (Å²) in [7, 11) is 0. The summed E-state index contributed by atoms with van der Waals surface area (Å²) < 4.78 is 5.24. The number of carbonyl (C=O) groups excluding carboxylic acids is 3. The van der Waals surface area contributed by atoms with E-state index in [9.17, 15) is 4.79 Å². The van der Waals surface area contributed by atoms with Crippen molar-refractivity contribution in [3.63, 3.8) is 0 Å². The molecule has 0 unspecified atom stereocenters. The van der Waals surface area contributed by atoms with Gasteiger partial charge in [-0.25, -0.2) is 4.79 Å². The number of rotatable bonds is 4. The van der Waals surface area contributed by atoms with Gasteiger partial charge in [-0.1, -0.05) is 12.1 Å². The molecule has 0 aromatic heterocycles. The van der Waals surface area contributed by atoms with Crippen LogP contribution < -0.4 is 0 Å². The van der Waals surface area contributed by atoms with Crippen LogP contribution in [0.4, 0.5) is 0 Å². The SMILES string of the molecule is CC/C(C)=N/OC(C)(C)C(=O)OC(C)(C)C.O=C=O. The monoisotopic (exact) mass is 273 g/mol. The molecule has 0 radical (unpaired) electrons. The van der Waals surface area contributed by atoms with Crippen molar-refractivity contribution in [3.05, 3.63) is 0 Å². The normalized spacial score (nSPS) is 11.8. The first kappa shape index (κ1) is 19.7. The van der Waals surface area contributed by atoms with Gasteiger partial charge < -0.3 is 9.57 Å². The number of esters is 1. The van der Waals surface area contributed by atoms with Crippen LogP contribution >= 0.6 is 0 Å². The van der Waals surface area contributed by atoms with Crippen LogP contribution in [0.5, 0.6) is 0 Å². The van der Waals surface area contributed by atoms with E-state index in [0.717, 1.165) is 12.1 Å². The van der Waals surface area contributed by atoms with E-state index in [-0.39, 0.29) is 6.15 Å². The second-order valence-corrected chi connectivity index (χ2v) is 5.37. The third-order valence-corrected chi connectivity index (χ3v) is 1.83. The van der Waals surface area contributed by atoms with Gasteiger partial charge in [0, 0.05) is 0 Å². The highest BCUT2D eigenvalue weighted by Crippen LogP contribution is 2.17. The van der Waals surface area contributed by atoms with E-state index in [0.29, 0.717) is 0 Å². The predicted octanol–water partition coefficient (Wildman–Crippen LogP) is 2.33. The van der Waals surface area contributed by atoms with E-state index in [1.54, 1.807) is 13.8 Å². The van der Waals surface area contributed by atoms with E-state index in [4.69, 9.17) is 19.2 Å². The topological polar surface area (TPSA) is 82.0 Å². The van der Waals surface area contributed by atoms with E-state index < -0.39 is 17.2 Å². The first-order valence-electron chi connectivity index (χ1n) is 5.94. The van der Waals surface area contributed by atoms with Gasteiger partial charge in [-0.15, -0.1) is 0 Å². The maximum atomic E-state index is 11.8. The van der Waals surface area contributed by atoms with Crippen LogP contribution in [-0.4, -0.2) is 29.0 Å². The zero-order valence-corrected chi connectivity index (χ0v) is 12.7. The van der Waals surface area contributed by atoms with Crippen molar-refractivity contribution in [2.45, 2.75) is 66.1 Å². The molecule has 6 heteroatoms. The van der Waals surface area contributed by atoms with E-state index >= 15 is 0 Å². The van der Waals surface area contributed by atoms with Gasteiger partial charge in [0.1, 0.15) is 5.60 Å². The summed E-state index contributed by atoms with van der Waals surface area (Å²) >= 11 is 0. The molecular weight excluding hydrogens is 250 g/mol. The number of carbonyl (C=O) groups is 1. The van der Waals surface area contributed by atoms with Crippen molar-refractivity contribution >= 4 is 17.8 Å². The van der Waals surface area contributed by atoms with Gasteiger partial charge in [0.15, 0.2) is 0 Å². The number of nitrogens with zero attached hydrogens (tertiary/aromatic N) is 1. The fourth-order valence-corrected chi connectivity index (χ4v) is 0.695. The molecule has 0 heterocycles. The van der Waals surface area contributed by atoms with Gasteiger partial charge in [0.05, 0.1) is 5.71 Å². The molecule has 19 heavy (non-hydrogen) atoms. The Balaban J connectivity index is 0. The van der Waals surface area contributed by atoms with Gasteiger partial charge >= 0.3 is 12.1 Å². The van der Waals surface area contributed by atoms with Crippen molar-refractivity contribution < 1.29 is 24.0 Å². The molecule has 0 amide bonds. The average molecular weight is 273 g/mol. The Morgan fingerprint density at radius 1 is 1.16 bits per heavy atom. The Labute approximate surface area is 114 Å². The highest BCUT2D eigenvalue weighted by Gasteiger charge is 2.35. The molecule has 0 aromatic carbocycles. The van der Waals surface area contributed by atoms with Gasteiger partial charge in [-0.2, -0.15) is 9.59 Å². The number of hydrogen-bond donors (Lipinski definition) is 0. The quantitative estimate of drug-likeness (QED) is 0.446. The molecule has 0 fully saturated rings. The lowest BCUT2D eigenvalue weighted by Gasteiger charge is -2.26. The van der Waals surface area contributed by atoms with Crippen molar-refractivity contribution in [3.8, 4) is 0 Å². The lowest BCUT2D eigenvalue weighted by atomic mass is 10.1. The number of hydrogen-bond acceptors (Lipinski definition) is 6. The minimum absolute atomic E-state index is 0.250. The molecule has 0 N–H and O–H groups in total. The second-order valence-electron chi connectivity index (χ2n) is 5.37. The van der Waals surface area contributed by atoms with Crippen LogP contribution in [0.1, 0.15) is 54.9 Å². The zero-order chi connectivity index (χ0) is 15.7. The highest BCUT2D eigenvalue weighted by molar-refractivity contribution is 5.82. The molecule has 0 spiro atoms. The van der Waals surface area contributed by atoms with Gasteiger partial charge in [0.2, 0.25) is 5.60 Å². The number of oxime groups is 1. The fraction of sp³-hybridized carbons (Fsp3) is 0.769. The summed E-state index contributed by atoms with van der Waals surface area (Å²) in [4.78, 5) is 33.2. The van der Waals surface area contributed by atoms with Crippen molar-refractivity contribution in [1.29, 1.82) is 0 Å². The fourth-order valence-electron chi connectivity index (χ4n) is 0.695. The Kier molecular flexibility index (Phi) is 8.72. The zero-order valence-electron chi connectivity index (χ0n) is 12.7. The molecule has 6 nitrogen and oxygen atoms in total. The van der Waals surface area contributed by atoms with E-state index in [1.165, 1.54) is 0 Å². The molecule has 110 valence electrons. The van der Waals surface area contributed by atoms with Crippen LogP contribution in [0.25, 0.3) is 0 Å². The summed E-state index contributed by atoms with van der Waals surface area (Å²) in [6.07, 6.45) is 1.05. The minimum atomic E-state index is -1.05. The van der Waals surface area contributed by atoms with Crippen LogP contribution in [0.15, 0.2) is 5.16 Å². The van der Waals surface area contributed by atoms with Gasteiger partial charge in [0.25, 0.3) is 0 Å². The van der Waals surface area contributed by atoms with Crippen LogP contribution in [0.2, 0.25) is 0 Å². The average Bonchev–Trinajstić information content (AvgIpc) is 2.24. The Hall–Kier alpha value is -1.68. The summed E-state index contributed by atoms with van der Waals surface area (Å²) in [5.74, 6) is -0.410. The third kappa shape index (κ3) is 11.2. The molecule has 0 rings (SSSR count). The van der Waals surface area contributed by atoms with E-state index in [2.05, 4.69) is 5.16 Å². The van der Waals surface area contributed by atoms with Crippen molar-refractivity contribution in [2.24, 2.45) is 5.16 Å². The van der Waals surface area contributed by atoms with Crippen molar-refractivity contribution in [1.82, 2.24) is 0 Å². The van der Waals surface area contributed by atoms with E-state index in [1.807, 2.05) is 34.6 Å². The molecule has 0 aliphatic carbocycles. The lowest BCUT2D eigenvalue weighted by molar-refractivity contribution is -0.191. The van der Waals surface area contributed by atoms with Crippen LogP contribution in [-0.2, 0) is 24.0 Å². The molecule has 0 atom stereocenters. The molecular formula is C13H23NO5. The predicted molar refractivity (Wildman–Crippen MR) is 69.4 cm³/mol. The maximum absolute atomic E-state index is 11.8. The Bertz CT molecular complexity index is 347. The Morgan fingerprint density at radius 3 is 1.89 bits per heavy atom. The summed E-state index contributed by atoms with van der Waals surface area (Å²) in [5.41, 5.74) is -0.720. The largest absolute Gasteiger partial charge is 0.457 e. The molecule has 0 aliphatic heterocycles. The standard InChI is InChI=1S/C12H23NO3.CO2/c1-8-9(2)13-16-12(6,7)10(14)15-11(3,4)5;2-1-3/h8H2,1-7H3;/b13-9+;. The number of ether oxygens (including phenoxy) is 1. The Morgan fingerprint density at radius 2 is 1.58 bits per heavy atom. The highest BCUT2D eigenvalue weighted by atomic mass is 16.7. The first-order valence-corrected chi connectivity index (χ1v) is 5.94. The van der Waals surface area contributed by atoms with Crippen LogP contribution in [0, 0.1) is 0 Å². The second kappa shape index (κ2) is 8.43. The lowest BCUT2D eigenvalue weighted by Crippen LogP contribution is -2.40. The minimum Gasteiger partial charge on any atom is -0.457 e. The smallest absolute Gasteiger partial charge is 0.373 e. The van der Waals surface area contributed by atoms with Gasteiger partial charge in [-0.3, -0.25) is 0 Å². The first-order chi connectivity index (χ1) is 8.50. The molecule has 0 saturated heterocycles. The third-order valence-electron chi connectivity index (χ3n) is 1.83. The van der Waals surface area contributed by atoms with Crippen LogP contribution in [0.3, 0.4) is 0 Å². The summed E-state index contributed by atoms with van der Waals surface area (Å²) in [6.45, 7) is 12.6. The molecule has 0 saturated carbocycles. The molecule has 0 aliphatic rings. The molecule has 0 bridgehead atoms. The summed E-state index contributed by atoms with van der Waals surface area (Å²) in [6, 6.07) is 0. The van der Waals surface area contributed by atoms with Crippen molar-refractivity contribution in [2.75, 3.05) is 0 Å². The molecule has 0 aromatic rings. The maximum Gasteiger partial charge on any atom is 0.373 e. The summed E-state index contributed by atoms with van der Waals surface area (Å²) in [5, 5.41) is 3.88.